The van der Waals surface area contributed by atoms with Crippen molar-refractivity contribution < 1.29 is 35.9 Å². The van der Waals surface area contributed by atoms with Crippen LogP contribution in [0.25, 0.3) is 0 Å². The van der Waals surface area contributed by atoms with E-state index >= 15 is 0 Å². The molecule has 0 N–H and O–H groups in total. The van der Waals surface area contributed by atoms with Gasteiger partial charge in [0.2, 0.25) is 0 Å². The van der Waals surface area contributed by atoms with Gasteiger partial charge in [-0.3, -0.25) is 9.59 Å². The van der Waals surface area contributed by atoms with E-state index in [1.54, 1.807) is 0 Å². The van der Waals surface area contributed by atoms with E-state index in [0.29, 0.717) is 9.80 Å². The molecule has 0 aromatic carbocycles. The highest BCUT2D eigenvalue weighted by Crippen LogP contribution is 2.22. The van der Waals surface area contributed by atoms with Crippen molar-refractivity contribution in [2.45, 2.75) is 12.4 Å². The summed E-state index contributed by atoms with van der Waals surface area (Å²) in [6.45, 7) is -2.28. The van der Waals surface area contributed by atoms with Gasteiger partial charge in [0.05, 0.1) is 0 Å². The maximum absolute atomic E-state index is 12.0. The minimum Gasteiger partial charge on any atom is -0.331 e. The lowest BCUT2D eigenvalue weighted by molar-refractivity contribution is -0.193. The molecular formula is C8H8F6N2O2. The maximum atomic E-state index is 12.0. The van der Waals surface area contributed by atoms with Crippen molar-refractivity contribution in [3.05, 3.63) is 0 Å². The molecule has 10 heteroatoms. The van der Waals surface area contributed by atoms with Crippen molar-refractivity contribution >= 4 is 11.8 Å². The molecule has 4 nitrogen and oxygen atoms in total. The Morgan fingerprint density at radius 2 is 0.889 bits per heavy atom. The maximum Gasteiger partial charge on any atom is 0.471 e. The molecule has 0 aromatic rings. The molecule has 104 valence electrons. The zero-order chi connectivity index (χ0) is 14.1. The van der Waals surface area contributed by atoms with Crippen molar-refractivity contribution in [2.75, 3.05) is 26.2 Å². The van der Waals surface area contributed by atoms with Crippen LogP contribution < -0.4 is 0 Å². The normalized spacial score (nSPS) is 17.9. The molecule has 0 spiro atoms. The number of carbonyl (C=O) groups excluding carboxylic acids is 2. The smallest absolute Gasteiger partial charge is 0.331 e. The number of amides is 2. The van der Waals surface area contributed by atoms with Gasteiger partial charge in [-0.15, -0.1) is 0 Å². The number of halogens is 6. The van der Waals surface area contributed by atoms with Gasteiger partial charge in [-0.25, -0.2) is 0 Å². The average Bonchev–Trinajstić information content (AvgIpc) is 2.25. The van der Waals surface area contributed by atoms with Gasteiger partial charge in [-0.05, 0) is 0 Å². The molecule has 0 saturated carbocycles. The van der Waals surface area contributed by atoms with E-state index in [1.165, 1.54) is 0 Å². The third kappa shape index (κ3) is 3.26. The van der Waals surface area contributed by atoms with Crippen LogP contribution in [0.3, 0.4) is 0 Å². The van der Waals surface area contributed by atoms with Crippen LogP contribution >= 0.6 is 0 Å². The number of rotatable bonds is 0. The lowest BCUT2D eigenvalue weighted by atomic mass is 10.3. The minimum absolute atomic E-state index is 0.375. The highest BCUT2D eigenvalue weighted by molar-refractivity contribution is 5.84. The van der Waals surface area contributed by atoms with Gasteiger partial charge in [0.15, 0.2) is 0 Å². The van der Waals surface area contributed by atoms with Crippen molar-refractivity contribution in [2.24, 2.45) is 0 Å². The first-order valence-corrected chi connectivity index (χ1v) is 4.75. The molecule has 0 radical (unpaired) electrons. The minimum atomic E-state index is -5.06. The van der Waals surface area contributed by atoms with E-state index in [-0.39, 0.29) is 0 Å². The van der Waals surface area contributed by atoms with E-state index in [9.17, 15) is 35.9 Å². The summed E-state index contributed by atoms with van der Waals surface area (Å²) in [4.78, 5) is 22.3. The molecule has 0 bridgehead atoms. The molecule has 18 heavy (non-hydrogen) atoms. The lowest BCUT2D eigenvalue weighted by Gasteiger charge is -2.35. The lowest BCUT2D eigenvalue weighted by Crippen LogP contribution is -2.55. The summed E-state index contributed by atoms with van der Waals surface area (Å²) in [7, 11) is 0. The first kappa shape index (κ1) is 14.6. The van der Waals surface area contributed by atoms with Gasteiger partial charge >= 0.3 is 24.2 Å². The standard InChI is InChI=1S/C8H8F6N2O2/c9-7(10,11)5(17)15-1-2-16(4-3-15)6(18)8(12,13)14/h1-4H2. The zero-order valence-electron chi connectivity index (χ0n) is 8.81. The van der Waals surface area contributed by atoms with E-state index in [4.69, 9.17) is 0 Å². The Balaban J connectivity index is 2.57. The van der Waals surface area contributed by atoms with Gasteiger partial charge < -0.3 is 9.80 Å². The number of piperazine rings is 1. The third-order valence-electron chi connectivity index (χ3n) is 2.34. The van der Waals surface area contributed by atoms with E-state index in [1.807, 2.05) is 0 Å². The van der Waals surface area contributed by atoms with Crippen LogP contribution in [0.4, 0.5) is 26.3 Å². The van der Waals surface area contributed by atoms with Gasteiger partial charge in [0.1, 0.15) is 0 Å². The zero-order valence-corrected chi connectivity index (χ0v) is 8.81. The summed E-state index contributed by atoms with van der Waals surface area (Å²) >= 11 is 0. The summed E-state index contributed by atoms with van der Waals surface area (Å²) in [5, 5.41) is 0. The Kier molecular flexibility index (Phi) is 3.77. The van der Waals surface area contributed by atoms with Crippen molar-refractivity contribution in [3.8, 4) is 0 Å². The van der Waals surface area contributed by atoms with Crippen LogP contribution in [-0.4, -0.2) is 60.1 Å². The molecule has 0 atom stereocenters. The highest BCUT2D eigenvalue weighted by atomic mass is 19.4. The fourth-order valence-electron chi connectivity index (χ4n) is 1.47. The van der Waals surface area contributed by atoms with E-state index in [2.05, 4.69) is 0 Å². The van der Waals surface area contributed by atoms with Gasteiger partial charge in [-0.2, -0.15) is 26.3 Å². The van der Waals surface area contributed by atoms with E-state index < -0.39 is 50.3 Å². The Bertz CT molecular complexity index is 308. The van der Waals surface area contributed by atoms with Crippen molar-refractivity contribution in [1.29, 1.82) is 0 Å². The van der Waals surface area contributed by atoms with Crippen molar-refractivity contribution in [1.82, 2.24) is 9.80 Å². The molecule has 0 aromatic heterocycles. The largest absolute Gasteiger partial charge is 0.471 e. The fourth-order valence-corrected chi connectivity index (χ4v) is 1.47. The highest BCUT2D eigenvalue weighted by Gasteiger charge is 2.46. The molecule has 1 heterocycles. The first-order valence-electron chi connectivity index (χ1n) is 4.75. The molecule has 0 unspecified atom stereocenters. The Morgan fingerprint density at radius 1 is 0.667 bits per heavy atom. The SMILES string of the molecule is O=C(N1CCN(C(=O)C(F)(F)F)CC1)C(F)(F)F. The van der Waals surface area contributed by atoms with Crippen molar-refractivity contribution in [3.63, 3.8) is 0 Å². The Morgan fingerprint density at radius 3 is 1.06 bits per heavy atom. The van der Waals surface area contributed by atoms with Crippen LogP contribution in [0, 0.1) is 0 Å². The number of hydrogen-bond donors (Lipinski definition) is 0. The number of hydrogen-bond acceptors (Lipinski definition) is 2. The predicted octanol–water partition coefficient (Wildman–Crippen LogP) is 0.782. The Hall–Kier alpha value is -1.48. The third-order valence-corrected chi connectivity index (χ3v) is 2.34. The number of carbonyl (C=O) groups is 2. The predicted molar refractivity (Wildman–Crippen MR) is 45.3 cm³/mol. The Labute approximate surface area is 97.1 Å². The van der Waals surface area contributed by atoms with Gasteiger partial charge in [-0.1, -0.05) is 0 Å². The summed E-state index contributed by atoms with van der Waals surface area (Å²) in [5.41, 5.74) is 0. The molecule has 1 fully saturated rings. The first-order chi connectivity index (χ1) is 8.03. The molecule has 2 amide bonds. The summed E-state index contributed by atoms with van der Waals surface area (Å²) in [5.74, 6) is -4.22. The van der Waals surface area contributed by atoms with Crippen LogP contribution in [0.5, 0.6) is 0 Å². The van der Waals surface area contributed by atoms with Crippen LogP contribution in [-0.2, 0) is 9.59 Å². The summed E-state index contributed by atoms with van der Waals surface area (Å²) in [6, 6.07) is 0. The summed E-state index contributed by atoms with van der Waals surface area (Å²) < 4.78 is 72.2. The van der Waals surface area contributed by atoms with Crippen LogP contribution in [0.1, 0.15) is 0 Å². The fraction of sp³-hybridized carbons (Fsp3) is 0.750. The number of alkyl halides is 6. The van der Waals surface area contributed by atoms with Gasteiger partial charge in [0, 0.05) is 26.2 Å². The molecule has 1 rings (SSSR count). The molecule has 0 aliphatic carbocycles. The monoisotopic (exact) mass is 278 g/mol. The van der Waals surface area contributed by atoms with Crippen LogP contribution in [0.2, 0.25) is 0 Å². The quantitative estimate of drug-likeness (QED) is 0.614. The van der Waals surface area contributed by atoms with Crippen LogP contribution in [0.15, 0.2) is 0 Å². The molecule has 1 aliphatic rings. The second kappa shape index (κ2) is 4.65. The molecular weight excluding hydrogens is 270 g/mol. The second-order valence-corrected chi connectivity index (χ2v) is 3.58. The topological polar surface area (TPSA) is 40.6 Å². The number of nitrogens with zero attached hydrogens (tertiary/aromatic N) is 2. The second-order valence-electron chi connectivity index (χ2n) is 3.58. The molecule has 1 saturated heterocycles. The van der Waals surface area contributed by atoms with Gasteiger partial charge in [0.25, 0.3) is 0 Å². The molecule has 1 aliphatic heterocycles. The average molecular weight is 278 g/mol. The van der Waals surface area contributed by atoms with E-state index in [0.717, 1.165) is 0 Å². The summed E-state index contributed by atoms with van der Waals surface area (Å²) in [6.07, 6.45) is -10.1.